The van der Waals surface area contributed by atoms with Crippen LogP contribution in [0.25, 0.3) is 0 Å². The van der Waals surface area contributed by atoms with E-state index in [9.17, 15) is 14.9 Å². The number of hydrogen-bond donors (Lipinski definition) is 1. The van der Waals surface area contributed by atoms with Gasteiger partial charge in [-0.15, -0.1) is 0 Å². The lowest BCUT2D eigenvalue weighted by molar-refractivity contribution is -0.384. The zero-order valence-corrected chi connectivity index (χ0v) is 15.6. The maximum absolute atomic E-state index is 11.2. The van der Waals surface area contributed by atoms with Gasteiger partial charge in [-0.05, 0) is 48.4 Å². The van der Waals surface area contributed by atoms with Gasteiger partial charge < -0.3 is 9.84 Å². The highest BCUT2D eigenvalue weighted by Gasteiger charge is 2.13. The molecular formula is C22H18N2O5. The number of aromatic carboxylic acids is 1. The highest BCUT2D eigenvalue weighted by atomic mass is 16.6. The second-order valence-electron chi connectivity index (χ2n) is 6.34. The average molecular weight is 390 g/mol. The fourth-order valence-electron chi connectivity index (χ4n) is 2.65. The Morgan fingerprint density at radius 3 is 2.55 bits per heavy atom. The number of aryl methyl sites for hydroxylation is 1. The van der Waals surface area contributed by atoms with E-state index in [2.05, 4.69) is 4.99 Å². The van der Waals surface area contributed by atoms with E-state index in [1.54, 1.807) is 43.3 Å². The zero-order valence-electron chi connectivity index (χ0n) is 15.6. The number of para-hydroxylation sites is 1. The first kappa shape index (κ1) is 19.8. The van der Waals surface area contributed by atoms with E-state index >= 15 is 0 Å². The quantitative estimate of drug-likeness (QED) is 0.350. The summed E-state index contributed by atoms with van der Waals surface area (Å²) in [7, 11) is 0. The van der Waals surface area contributed by atoms with Gasteiger partial charge in [0.15, 0.2) is 0 Å². The van der Waals surface area contributed by atoms with Gasteiger partial charge in [-0.2, -0.15) is 0 Å². The van der Waals surface area contributed by atoms with E-state index < -0.39 is 10.9 Å². The second kappa shape index (κ2) is 8.79. The highest BCUT2D eigenvalue weighted by Crippen LogP contribution is 2.28. The van der Waals surface area contributed by atoms with Gasteiger partial charge in [-0.1, -0.05) is 30.3 Å². The molecule has 3 rings (SSSR count). The van der Waals surface area contributed by atoms with Crippen LogP contribution in [0.2, 0.25) is 0 Å². The highest BCUT2D eigenvalue weighted by molar-refractivity contribution is 5.87. The first-order valence-electron chi connectivity index (χ1n) is 8.77. The Kier molecular flexibility index (Phi) is 5.99. The van der Waals surface area contributed by atoms with E-state index in [1.165, 1.54) is 24.4 Å². The van der Waals surface area contributed by atoms with Gasteiger partial charge in [-0.25, -0.2) is 9.79 Å². The van der Waals surface area contributed by atoms with Crippen LogP contribution in [0.4, 0.5) is 11.4 Å². The third kappa shape index (κ3) is 5.04. The molecule has 0 aliphatic carbocycles. The van der Waals surface area contributed by atoms with Crippen molar-refractivity contribution in [3.8, 4) is 5.75 Å². The maximum Gasteiger partial charge on any atom is 0.335 e. The molecule has 29 heavy (non-hydrogen) atoms. The Bertz CT molecular complexity index is 1070. The number of benzene rings is 3. The van der Waals surface area contributed by atoms with Crippen LogP contribution in [0.5, 0.6) is 5.75 Å². The van der Waals surface area contributed by atoms with E-state index in [0.29, 0.717) is 11.3 Å². The van der Waals surface area contributed by atoms with Crippen LogP contribution in [-0.4, -0.2) is 22.2 Å². The zero-order chi connectivity index (χ0) is 20.8. The Morgan fingerprint density at radius 2 is 1.86 bits per heavy atom. The molecular weight excluding hydrogens is 372 g/mol. The van der Waals surface area contributed by atoms with Crippen molar-refractivity contribution in [3.05, 3.63) is 99.1 Å². The molecule has 3 aromatic rings. The number of ether oxygens (including phenoxy) is 1. The summed E-state index contributed by atoms with van der Waals surface area (Å²) in [6, 6.07) is 18.5. The van der Waals surface area contributed by atoms with E-state index in [1.807, 2.05) is 12.1 Å². The lowest BCUT2D eigenvalue weighted by atomic mass is 10.1. The molecule has 0 saturated carbocycles. The minimum absolute atomic E-state index is 0.0573. The molecule has 7 heteroatoms. The van der Waals surface area contributed by atoms with Gasteiger partial charge in [0.05, 0.1) is 10.5 Å². The molecule has 0 bridgehead atoms. The minimum atomic E-state index is -0.982. The molecule has 0 fully saturated rings. The van der Waals surface area contributed by atoms with Crippen LogP contribution >= 0.6 is 0 Å². The van der Waals surface area contributed by atoms with Gasteiger partial charge in [-0.3, -0.25) is 10.1 Å². The van der Waals surface area contributed by atoms with Gasteiger partial charge >= 0.3 is 5.97 Å². The number of aliphatic imine (C=N–C) groups is 1. The molecule has 0 amide bonds. The SMILES string of the molecule is Cc1ccc(N=Cc2ccccc2OCc2ccc(C(=O)O)cc2)c([N+](=O)[O-])c1. The van der Waals surface area contributed by atoms with Crippen LogP contribution in [0.15, 0.2) is 71.7 Å². The number of carboxylic acid groups (broad SMARTS) is 1. The molecule has 0 aromatic heterocycles. The summed E-state index contributed by atoms with van der Waals surface area (Å²) in [6.45, 7) is 2.03. The fraction of sp³-hybridized carbons (Fsp3) is 0.0909. The van der Waals surface area contributed by atoms with Crippen LogP contribution < -0.4 is 4.74 Å². The third-order valence-electron chi connectivity index (χ3n) is 4.18. The molecule has 0 unspecified atom stereocenters. The molecule has 0 radical (unpaired) electrons. The normalized spacial score (nSPS) is 10.8. The number of nitro groups is 1. The Labute approximate surface area is 167 Å². The standard InChI is InChI=1S/C22H18N2O5/c1-15-6-11-19(20(12-15)24(27)28)23-13-18-4-2-3-5-21(18)29-14-16-7-9-17(10-8-16)22(25)26/h2-13H,14H2,1H3,(H,25,26). The predicted octanol–water partition coefficient (Wildman–Crippen LogP) is 4.93. The van der Waals surface area contributed by atoms with Crippen LogP contribution in [0.3, 0.4) is 0 Å². The van der Waals surface area contributed by atoms with Crippen molar-refractivity contribution in [2.24, 2.45) is 4.99 Å². The first-order chi connectivity index (χ1) is 13.9. The molecule has 3 aromatic carbocycles. The fourth-order valence-corrected chi connectivity index (χ4v) is 2.65. The van der Waals surface area contributed by atoms with Crippen molar-refractivity contribution < 1.29 is 19.6 Å². The lowest BCUT2D eigenvalue weighted by Crippen LogP contribution is -2.00. The summed E-state index contributed by atoms with van der Waals surface area (Å²) in [5.41, 5.74) is 2.69. The molecule has 0 spiro atoms. The predicted molar refractivity (Wildman–Crippen MR) is 109 cm³/mol. The summed E-state index contributed by atoms with van der Waals surface area (Å²) < 4.78 is 5.84. The minimum Gasteiger partial charge on any atom is -0.488 e. The number of carboxylic acids is 1. The third-order valence-corrected chi connectivity index (χ3v) is 4.18. The number of nitrogens with zero attached hydrogens (tertiary/aromatic N) is 2. The summed E-state index contributed by atoms with van der Waals surface area (Å²) >= 11 is 0. The lowest BCUT2D eigenvalue weighted by Gasteiger charge is -2.09. The Balaban J connectivity index is 1.78. The maximum atomic E-state index is 11.2. The first-order valence-corrected chi connectivity index (χ1v) is 8.77. The van der Waals surface area contributed by atoms with E-state index in [4.69, 9.17) is 9.84 Å². The second-order valence-corrected chi connectivity index (χ2v) is 6.34. The largest absolute Gasteiger partial charge is 0.488 e. The number of nitro benzene ring substituents is 1. The topological polar surface area (TPSA) is 102 Å². The molecule has 0 heterocycles. The molecule has 1 N–H and O–H groups in total. The number of rotatable bonds is 7. The Morgan fingerprint density at radius 1 is 1.14 bits per heavy atom. The van der Waals surface area contributed by atoms with Crippen molar-refractivity contribution >= 4 is 23.6 Å². The molecule has 0 aliphatic heterocycles. The van der Waals surface area contributed by atoms with Crippen molar-refractivity contribution in [3.63, 3.8) is 0 Å². The van der Waals surface area contributed by atoms with Gasteiger partial charge in [0, 0.05) is 17.8 Å². The van der Waals surface area contributed by atoms with Gasteiger partial charge in [0.25, 0.3) is 5.69 Å². The summed E-state index contributed by atoms with van der Waals surface area (Å²) in [5.74, 6) is -0.419. The van der Waals surface area contributed by atoms with Crippen molar-refractivity contribution in [1.82, 2.24) is 0 Å². The van der Waals surface area contributed by atoms with E-state index in [0.717, 1.165) is 11.1 Å². The summed E-state index contributed by atoms with van der Waals surface area (Å²) in [6.07, 6.45) is 1.53. The summed E-state index contributed by atoms with van der Waals surface area (Å²) in [4.78, 5) is 26.0. The van der Waals surface area contributed by atoms with Crippen molar-refractivity contribution in [2.45, 2.75) is 13.5 Å². The van der Waals surface area contributed by atoms with E-state index in [-0.39, 0.29) is 23.5 Å². The monoisotopic (exact) mass is 390 g/mol. The number of hydrogen-bond acceptors (Lipinski definition) is 5. The molecule has 146 valence electrons. The molecule has 0 saturated heterocycles. The van der Waals surface area contributed by atoms with Gasteiger partial charge in [0.2, 0.25) is 0 Å². The van der Waals surface area contributed by atoms with Crippen LogP contribution in [-0.2, 0) is 6.61 Å². The molecule has 0 atom stereocenters. The average Bonchev–Trinajstić information content (AvgIpc) is 2.72. The number of carbonyl (C=O) groups is 1. The van der Waals surface area contributed by atoms with Crippen molar-refractivity contribution in [2.75, 3.05) is 0 Å². The summed E-state index contributed by atoms with van der Waals surface area (Å²) in [5, 5.41) is 20.2. The van der Waals surface area contributed by atoms with Gasteiger partial charge in [0.1, 0.15) is 18.0 Å². The Hall–Kier alpha value is -4.00. The smallest absolute Gasteiger partial charge is 0.335 e. The van der Waals surface area contributed by atoms with Crippen LogP contribution in [0.1, 0.15) is 27.0 Å². The van der Waals surface area contributed by atoms with Crippen molar-refractivity contribution in [1.29, 1.82) is 0 Å². The van der Waals surface area contributed by atoms with Crippen LogP contribution in [0, 0.1) is 17.0 Å². The molecule has 7 nitrogen and oxygen atoms in total. The molecule has 0 aliphatic rings.